The van der Waals surface area contributed by atoms with E-state index < -0.39 is 0 Å². The summed E-state index contributed by atoms with van der Waals surface area (Å²) in [5, 5.41) is 3.52. The smallest absolute Gasteiger partial charge is 0.139 e. The SMILES string of the molecule is Cc1cccn2c(CNc3cccc(N4CCOCC4)c3)cnc12. The Bertz CT molecular complexity index is 836. The van der Waals surface area contributed by atoms with Gasteiger partial charge < -0.3 is 19.4 Å². The minimum Gasteiger partial charge on any atom is -0.379 e. The minimum absolute atomic E-state index is 0.747. The summed E-state index contributed by atoms with van der Waals surface area (Å²) < 4.78 is 7.58. The number of pyridine rings is 1. The molecule has 0 spiro atoms. The molecule has 0 radical (unpaired) electrons. The molecule has 4 rings (SSSR count). The van der Waals surface area contributed by atoms with Crippen LogP contribution in [-0.2, 0) is 11.3 Å². The Kier molecular flexibility index (Phi) is 4.09. The summed E-state index contributed by atoms with van der Waals surface area (Å²) in [4.78, 5) is 6.89. The highest BCUT2D eigenvalue weighted by Gasteiger charge is 2.11. The van der Waals surface area contributed by atoms with E-state index in [1.54, 1.807) is 0 Å². The molecule has 0 bridgehead atoms. The molecule has 2 aromatic heterocycles. The number of nitrogens with zero attached hydrogens (tertiary/aromatic N) is 3. The minimum atomic E-state index is 0.747. The Morgan fingerprint density at radius 2 is 2.04 bits per heavy atom. The molecule has 1 fully saturated rings. The lowest BCUT2D eigenvalue weighted by molar-refractivity contribution is 0.122. The van der Waals surface area contributed by atoms with Crippen molar-refractivity contribution in [2.45, 2.75) is 13.5 Å². The van der Waals surface area contributed by atoms with Gasteiger partial charge in [-0.2, -0.15) is 0 Å². The van der Waals surface area contributed by atoms with Gasteiger partial charge in [-0.3, -0.25) is 0 Å². The predicted molar refractivity (Wildman–Crippen MR) is 96.7 cm³/mol. The number of morpholine rings is 1. The number of fused-ring (bicyclic) bond motifs is 1. The van der Waals surface area contributed by atoms with Crippen molar-refractivity contribution in [2.75, 3.05) is 36.5 Å². The molecule has 1 aliphatic rings. The molecule has 1 N–H and O–H groups in total. The summed E-state index contributed by atoms with van der Waals surface area (Å²) in [6.45, 7) is 6.35. The number of imidazole rings is 1. The number of hydrogen-bond donors (Lipinski definition) is 1. The van der Waals surface area contributed by atoms with E-state index in [0.29, 0.717) is 0 Å². The van der Waals surface area contributed by atoms with Crippen LogP contribution in [0.1, 0.15) is 11.3 Å². The first kappa shape index (κ1) is 15.0. The van der Waals surface area contributed by atoms with E-state index in [-0.39, 0.29) is 0 Å². The van der Waals surface area contributed by atoms with E-state index in [1.165, 1.54) is 11.3 Å². The number of rotatable bonds is 4. The summed E-state index contributed by atoms with van der Waals surface area (Å²) >= 11 is 0. The van der Waals surface area contributed by atoms with E-state index in [0.717, 1.165) is 49.9 Å². The number of ether oxygens (including phenoxy) is 1. The zero-order valence-electron chi connectivity index (χ0n) is 13.9. The van der Waals surface area contributed by atoms with Gasteiger partial charge in [0.1, 0.15) is 5.65 Å². The third-order valence-corrected chi connectivity index (χ3v) is 4.50. The second-order valence-electron chi connectivity index (χ2n) is 6.14. The van der Waals surface area contributed by atoms with Crippen molar-refractivity contribution < 1.29 is 4.74 Å². The normalized spacial score (nSPS) is 15.0. The monoisotopic (exact) mass is 322 g/mol. The fraction of sp³-hybridized carbons (Fsp3) is 0.316. The van der Waals surface area contributed by atoms with E-state index in [4.69, 9.17) is 4.74 Å². The average molecular weight is 322 g/mol. The quantitative estimate of drug-likeness (QED) is 0.801. The molecule has 0 atom stereocenters. The van der Waals surface area contributed by atoms with Crippen LogP contribution in [0.4, 0.5) is 11.4 Å². The standard InChI is InChI=1S/C19H22N4O/c1-15-4-3-7-23-18(14-21-19(15)23)13-20-16-5-2-6-17(12-16)22-8-10-24-11-9-22/h2-7,12,14,20H,8-11,13H2,1H3. The van der Waals surface area contributed by atoms with E-state index in [9.17, 15) is 0 Å². The lowest BCUT2D eigenvalue weighted by Gasteiger charge is -2.29. The number of anilines is 2. The van der Waals surface area contributed by atoms with Crippen LogP contribution in [0.5, 0.6) is 0 Å². The van der Waals surface area contributed by atoms with Crippen molar-refractivity contribution in [3.63, 3.8) is 0 Å². The van der Waals surface area contributed by atoms with Crippen molar-refractivity contribution >= 4 is 17.0 Å². The van der Waals surface area contributed by atoms with Crippen LogP contribution in [0.25, 0.3) is 5.65 Å². The molecule has 5 nitrogen and oxygen atoms in total. The maximum absolute atomic E-state index is 5.43. The van der Waals surface area contributed by atoms with E-state index in [1.807, 2.05) is 6.20 Å². The van der Waals surface area contributed by atoms with Gasteiger partial charge in [0.15, 0.2) is 0 Å². The lowest BCUT2D eigenvalue weighted by Crippen LogP contribution is -2.36. The van der Waals surface area contributed by atoms with Crippen molar-refractivity contribution in [3.05, 3.63) is 60.0 Å². The fourth-order valence-electron chi connectivity index (χ4n) is 3.16. The number of aryl methyl sites for hydroxylation is 1. The Balaban J connectivity index is 1.50. The third kappa shape index (κ3) is 2.95. The summed E-state index contributed by atoms with van der Waals surface area (Å²) in [7, 11) is 0. The number of aromatic nitrogens is 2. The van der Waals surface area contributed by atoms with Crippen LogP contribution in [0, 0.1) is 6.92 Å². The molecule has 3 aromatic rings. The average Bonchev–Trinajstić information content (AvgIpc) is 3.06. The van der Waals surface area contributed by atoms with Gasteiger partial charge in [-0.15, -0.1) is 0 Å². The largest absolute Gasteiger partial charge is 0.379 e. The second kappa shape index (κ2) is 6.53. The molecular weight excluding hydrogens is 300 g/mol. The molecule has 3 heterocycles. The maximum Gasteiger partial charge on any atom is 0.139 e. The zero-order chi connectivity index (χ0) is 16.4. The van der Waals surface area contributed by atoms with Crippen LogP contribution < -0.4 is 10.2 Å². The van der Waals surface area contributed by atoms with Crippen LogP contribution >= 0.6 is 0 Å². The molecule has 124 valence electrons. The van der Waals surface area contributed by atoms with Gasteiger partial charge in [0.25, 0.3) is 0 Å². The van der Waals surface area contributed by atoms with Crippen molar-refractivity contribution in [2.24, 2.45) is 0 Å². The topological polar surface area (TPSA) is 41.8 Å². The van der Waals surface area contributed by atoms with Crippen LogP contribution in [0.3, 0.4) is 0 Å². The summed E-state index contributed by atoms with van der Waals surface area (Å²) in [5.74, 6) is 0. The summed E-state index contributed by atoms with van der Waals surface area (Å²) in [6, 6.07) is 12.7. The van der Waals surface area contributed by atoms with Gasteiger partial charge in [-0.25, -0.2) is 4.98 Å². The highest BCUT2D eigenvalue weighted by molar-refractivity contribution is 5.58. The van der Waals surface area contributed by atoms with Crippen LogP contribution in [0.15, 0.2) is 48.8 Å². The Labute approximate surface area is 141 Å². The lowest BCUT2D eigenvalue weighted by atomic mass is 10.2. The Morgan fingerprint density at radius 1 is 1.17 bits per heavy atom. The molecule has 0 aliphatic carbocycles. The Morgan fingerprint density at radius 3 is 2.92 bits per heavy atom. The first-order valence-corrected chi connectivity index (χ1v) is 8.39. The molecule has 1 aliphatic heterocycles. The van der Waals surface area contributed by atoms with Crippen molar-refractivity contribution in [3.8, 4) is 0 Å². The fourth-order valence-corrected chi connectivity index (χ4v) is 3.16. The summed E-state index contributed by atoms with van der Waals surface area (Å²) in [5.41, 5.74) is 5.75. The Hall–Kier alpha value is -2.53. The van der Waals surface area contributed by atoms with Gasteiger partial charge in [-0.05, 0) is 36.8 Å². The predicted octanol–water partition coefficient (Wildman–Crippen LogP) is 3.09. The van der Waals surface area contributed by atoms with Crippen molar-refractivity contribution in [1.29, 1.82) is 0 Å². The number of benzene rings is 1. The van der Waals surface area contributed by atoms with Crippen LogP contribution in [-0.4, -0.2) is 35.7 Å². The molecule has 5 heteroatoms. The molecule has 24 heavy (non-hydrogen) atoms. The summed E-state index contributed by atoms with van der Waals surface area (Å²) in [6.07, 6.45) is 4.01. The van der Waals surface area contributed by atoms with Gasteiger partial charge in [0, 0.05) is 30.7 Å². The molecular formula is C19H22N4O. The first-order valence-electron chi connectivity index (χ1n) is 8.39. The zero-order valence-corrected chi connectivity index (χ0v) is 13.9. The molecule has 1 saturated heterocycles. The third-order valence-electron chi connectivity index (χ3n) is 4.50. The highest BCUT2D eigenvalue weighted by Crippen LogP contribution is 2.21. The van der Waals surface area contributed by atoms with E-state index >= 15 is 0 Å². The molecule has 0 saturated carbocycles. The maximum atomic E-state index is 5.43. The van der Waals surface area contributed by atoms with E-state index in [2.05, 4.69) is 69.1 Å². The van der Waals surface area contributed by atoms with Gasteiger partial charge >= 0.3 is 0 Å². The highest BCUT2D eigenvalue weighted by atomic mass is 16.5. The first-order chi connectivity index (χ1) is 11.8. The molecule has 1 aromatic carbocycles. The molecule has 0 amide bonds. The van der Waals surface area contributed by atoms with Crippen LogP contribution in [0.2, 0.25) is 0 Å². The number of nitrogens with one attached hydrogen (secondary N) is 1. The number of hydrogen-bond acceptors (Lipinski definition) is 4. The van der Waals surface area contributed by atoms with Gasteiger partial charge in [-0.1, -0.05) is 12.1 Å². The second-order valence-corrected chi connectivity index (χ2v) is 6.14. The van der Waals surface area contributed by atoms with Crippen molar-refractivity contribution in [1.82, 2.24) is 9.38 Å². The van der Waals surface area contributed by atoms with Gasteiger partial charge in [0.2, 0.25) is 0 Å². The van der Waals surface area contributed by atoms with Gasteiger partial charge in [0.05, 0.1) is 31.6 Å². The molecule has 0 unspecified atom stereocenters.